The summed E-state index contributed by atoms with van der Waals surface area (Å²) in [5.74, 6) is -1.07. The summed E-state index contributed by atoms with van der Waals surface area (Å²) in [6.45, 7) is 2.05. The number of benzene rings is 1. The van der Waals surface area contributed by atoms with E-state index in [1.807, 2.05) is 13.0 Å². The zero-order valence-corrected chi connectivity index (χ0v) is 21.3. The molecule has 13 heteroatoms. The summed E-state index contributed by atoms with van der Waals surface area (Å²) in [5, 5.41) is 17.4. The van der Waals surface area contributed by atoms with Gasteiger partial charge in [-0.1, -0.05) is 6.07 Å². The molecule has 3 aromatic rings. The maximum Gasteiger partial charge on any atom is 0.433 e. The molecular formula is C25H27F3N6O3S. The second kappa shape index (κ2) is 11.0. The van der Waals surface area contributed by atoms with E-state index in [1.165, 1.54) is 11.3 Å². The lowest BCUT2D eigenvalue weighted by molar-refractivity contribution is -0.141. The van der Waals surface area contributed by atoms with Crippen molar-refractivity contribution in [2.45, 2.75) is 50.8 Å². The van der Waals surface area contributed by atoms with Crippen LogP contribution in [0.4, 0.5) is 24.8 Å². The minimum absolute atomic E-state index is 0.0768. The Labute approximate surface area is 220 Å². The highest BCUT2D eigenvalue weighted by atomic mass is 32.1. The van der Waals surface area contributed by atoms with Gasteiger partial charge in [0.05, 0.1) is 4.88 Å². The van der Waals surface area contributed by atoms with Crippen molar-refractivity contribution < 1.29 is 27.9 Å². The number of halogens is 3. The van der Waals surface area contributed by atoms with Gasteiger partial charge in [-0.05, 0) is 61.9 Å². The number of thiazole rings is 1. The number of aryl methyl sites for hydroxylation is 1. The van der Waals surface area contributed by atoms with Crippen LogP contribution in [0.15, 0.2) is 36.7 Å². The average Bonchev–Trinajstić information content (AvgIpc) is 3.35. The van der Waals surface area contributed by atoms with Crippen molar-refractivity contribution in [1.29, 1.82) is 0 Å². The van der Waals surface area contributed by atoms with E-state index in [0.717, 1.165) is 28.3 Å². The Bertz CT molecular complexity index is 1320. The van der Waals surface area contributed by atoms with Gasteiger partial charge < -0.3 is 21.5 Å². The summed E-state index contributed by atoms with van der Waals surface area (Å²) in [5.41, 5.74) is 5.03. The second-order valence-electron chi connectivity index (χ2n) is 9.32. The molecule has 1 aliphatic carbocycles. The fourth-order valence-electron chi connectivity index (χ4n) is 4.35. The summed E-state index contributed by atoms with van der Waals surface area (Å²) in [6, 6.07) is 6.23. The molecule has 5 N–H and O–H groups in total. The number of nitrogens with zero attached hydrogens (tertiary/aromatic N) is 3. The number of carbonyl (C=O) groups excluding carboxylic acids is 2. The first kappa shape index (κ1) is 27.5. The molecule has 202 valence electrons. The van der Waals surface area contributed by atoms with Crippen LogP contribution in [0, 0.1) is 12.8 Å². The van der Waals surface area contributed by atoms with E-state index in [9.17, 15) is 27.9 Å². The van der Waals surface area contributed by atoms with Crippen LogP contribution in [0.2, 0.25) is 0 Å². The van der Waals surface area contributed by atoms with Crippen LogP contribution in [0.5, 0.6) is 0 Å². The lowest BCUT2D eigenvalue weighted by atomic mass is 9.78. The van der Waals surface area contributed by atoms with Gasteiger partial charge >= 0.3 is 6.18 Å². The van der Waals surface area contributed by atoms with Crippen LogP contribution in [-0.4, -0.2) is 38.4 Å². The minimum atomic E-state index is -4.58. The van der Waals surface area contributed by atoms with Crippen LogP contribution in [0.25, 0.3) is 10.4 Å². The molecule has 38 heavy (non-hydrogen) atoms. The van der Waals surface area contributed by atoms with E-state index < -0.39 is 23.4 Å². The van der Waals surface area contributed by atoms with Crippen LogP contribution in [-0.2, 0) is 21.4 Å². The van der Waals surface area contributed by atoms with Crippen molar-refractivity contribution in [3.8, 4) is 10.4 Å². The minimum Gasteiger partial charge on any atom is -0.383 e. The van der Waals surface area contributed by atoms with Crippen LogP contribution in [0.3, 0.4) is 0 Å². The first-order valence-electron chi connectivity index (χ1n) is 12.0. The SMILES string of the molecule is Cc1cc(Nc2nccc(C(F)(F)F)n2)cc(-c2cnc(C3(O)CCC(C(=O)NCCC(N)=O)CC3)s2)c1. The highest BCUT2D eigenvalue weighted by molar-refractivity contribution is 7.15. The number of amides is 2. The molecule has 4 rings (SSSR count). The quantitative estimate of drug-likeness (QED) is 0.333. The lowest BCUT2D eigenvalue weighted by Crippen LogP contribution is -2.39. The highest BCUT2D eigenvalue weighted by Gasteiger charge is 2.39. The van der Waals surface area contributed by atoms with E-state index in [4.69, 9.17) is 5.73 Å². The number of hydrogen-bond acceptors (Lipinski definition) is 8. The van der Waals surface area contributed by atoms with Gasteiger partial charge in [-0.2, -0.15) is 13.2 Å². The number of aliphatic hydroxyl groups is 1. The second-order valence-corrected chi connectivity index (χ2v) is 10.3. The van der Waals surface area contributed by atoms with Crippen molar-refractivity contribution in [3.63, 3.8) is 0 Å². The van der Waals surface area contributed by atoms with Crippen molar-refractivity contribution in [2.24, 2.45) is 11.7 Å². The summed E-state index contributed by atoms with van der Waals surface area (Å²) in [6.07, 6.45) is -0.127. The fraction of sp³-hybridized carbons (Fsp3) is 0.400. The van der Waals surface area contributed by atoms with Crippen molar-refractivity contribution in [3.05, 3.63) is 52.9 Å². The number of carbonyl (C=O) groups is 2. The number of nitrogens with one attached hydrogen (secondary N) is 2. The first-order valence-corrected chi connectivity index (χ1v) is 12.8. The lowest BCUT2D eigenvalue weighted by Gasteiger charge is -2.33. The van der Waals surface area contributed by atoms with E-state index in [0.29, 0.717) is 36.4 Å². The van der Waals surface area contributed by atoms with Crippen molar-refractivity contribution in [2.75, 3.05) is 11.9 Å². The molecule has 1 aliphatic rings. The summed E-state index contributed by atoms with van der Waals surface area (Å²) < 4.78 is 39.0. The third kappa shape index (κ3) is 6.64. The molecule has 0 radical (unpaired) electrons. The molecular weight excluding hydrogens is 521 g/mol. The van der Waals surface area contributed by atoms with Crippen molar-refractivity contribution in [1.82, 2.24) is 20.3 Å². The fourth-order valence-corrected chi connectivity index (χ4v) is 5.40. The Hall–Kier alpha value is -3.58. The summed E-state index contributed by atoms with van der Waals surface area (Å²) in [4.78, 5) is 35.9. The standard InChI is InChI=1S/C25H27F3N6O3S/c1-14-10-16(12-17(11-14)33-23-31-8-4-19(34-23)25(26,27)28)18-13-32-22(38-18)24(37)6-2-15(3-7-24)21(36)30-9-5-20(29)35/h4,8,10-13,15,37H,2-3,5-7,9H2,1H3,(H2,29,35)(H,30,36)(H,31,33,34). The molecule has 0 aliphatic heterocycles. The average molecular weight is 549 g/mol. The molecule has 0 saturated heterocycles. The Morgan fingerprint density at radius 2 is 1.95 bits per heavy atom. The van der Waals surface area contributed by atoms with Crippen LogP contribution < -0.4 is 16.4 Å². The molecule has 9 nitrogen and oxygen atoms in total. The monoisotopic (exact) mass is 548 g/mol. The topological polar surface area (TPSA) is 143 Å². The van der Waals surface area contributed by atoms with E-state index >= 15 is 0 Å². The van der Waals surface area contributed by atoms with E-state index in [1.54, 1.807) is 18.3 Å². The maximum absolute atomic E-state index is 13.0. The van der Waals surface area contributed by atoms with Gasteiger partial charge in [0.1, 0.15) is 16.3 Å². The van der Waals surface area contributed by atoms with Gasteiger partial charge in [-0.25, -0.2) is 15.0 Å². The molecule has 2 aromatic heterocycles. The Morgan fingerprint density at radius 3 is 2.63 bits per heavy atom. The largest absolute Gasteiger partial charge is 0.433 e. The number of rotatable bonds is 8. The Kier molecular flexibility index (Phi) is 7.97. The number of alkyl halides is 3. The zero-order valence-electron chi connectivity index (χ0n) is 20.5. The van der Waals surface area contributed by atoms with E-state index in [-0.39, 0.29) is 30.7 Å². The number of aromatic nitrogens is 3. The molecule has 0 bridgehead atoms. The van der Waals surface area contributed by atoms with Gasteiger partial charge in [0.15, 0.2) is 0 Å². The molecule has 1 aromatic carbocycles. The first-order chi connectivity index (χ1) is 17.9. The third-order valence-electron chi connectivity index (χ3n) is 6.32. The maximum atomic E-state index is 13.0. The molecule has 0 unspecified atom stereocenters. The smallest absolute Gasteiger partial charge is 0.383 e. The van der Waals surface area contributed by atoms with Gasteiger partial charge in [0.25, 0.3) is 0 Å². The number of hydrogen-bond donors (Lipinski definition) is 4. The summed E-state index contributed by atoms with van der Waals surface area (Å²) in [7, 11) is 0. The van der Waals surface area contributed by atoms with Crippen LogP contribution >= 0.6 is 11.3 Å². The normalized spacial score (nSPS) is 19.7. The number of anilines is 2. The molecule has 2 heterocycles. The zero-order chi connectivity index (χ0) is 27.5. The Balaban J connectivity index is 1.45. The van der Waals surface area contributed by atoms with Gasteiger partial charge in [-0.3, -0.25) is 9.59 Å². The van der Waals surface area contributed by atoms with E-state index in [2.05, 4.69) is 25.6 Å². The Morgan fingerprint density at radius 1 is 1.21 bits per heavy atom. The number of primary amides is 1. The van der Waals surface area contributed by atoms with Crippen molar-refractivity contribution >= 4 is 34.8 Å². The van der Waals surface area contributed by atoms with Gasteiger partial charge in [0, 0.05) is 37.0 Å². The molecule has 0 spiro atoms. The molecule has 0 atom stereocenters. The molecule has 1 saturated carbocycles. The number of nitrogens with two attached hydrogens (primary N) is 1. The summed E-state index contributed by atoms with van der Waals surface area (Å²) >= 11 is 1.33. The van der Waals surface area contributed by atoms with Gasteiger partial charge in [-0.15, -0.1) is 11.3 Å². The molecule has 1 fully saturated rings. The predicted molar refractivity (Wildman–Crippen MR) is 135 cm³/mol. The third-order valence-corrected chi connectivity index (χ3v) is 7.56. The van der Waals surface area contributed by atoms with Gasteiger partial charge in [0.2, 0.25) is 17.8 Å². The molecule has 2 amide bonds. The van der Waals surface area contributed by atoms with Crippen LogP contribution in [0.1, 0.15) is 48.4 Å². The highest BCUT2D eigenvalue weighted by Crippen LogP contribution is 2.43. The predicted octanol–water partition coefficient (Wildman–Crippen LogP) is 4.04.